The Kier molecular flexibility index (Phi) is 2.55. The molecule has 66 valence electrons. The summed E-state index contributed by atoms with van der Waals surface area (Å²) in [4.78, 5) is 0. The van der Waals surface area contributed by atoms with E-state index in [0.717, 1.165) is 19.3 Å². The Morgan fingerprint density at radius 1 is 1.36 bits per heavy atom. The van der Waals surface area contributed by atoms with Crippen LogP contribution >= 0.6 is 0 Å². The molecule has 1 aliphatic carbocycles. The molecule has 0 aromatic rings. The molecule has 0 aliphatic heterocycles. The van der Waals surface area contributed by atoms with Crippen molar-refractivity contribution >= 4 is 0 Å². The Morgan fingerprint density at radius 2 is 2.00 bits per heavy atom. The molecule has 2 unspecified atom stereocenters. The summed E-state index contributed by atoms with van der Waals surface area (Å²) in [6, 6.07) is 0. The van der Waals surface area contributed by atoms with Gasteiger partial charge in [0.1, 0.15) is 0 Å². The molecule has 2 heteroatoms. The standard InChI is InChI=1S/C9H19NO/c1-9(2,10)7-4-3-5-8(11)6-7/h7-8,11H,3-6,10H2,1-2H3. The molecule has 1 fully saturated rings. The van der Waals surface area contributed by atoms with E-state index in [4.69, 9.17) is 5.73 Å². The Bertz CT molecular complexity index is 128. The van der Waals surface area contributed by atoms with Gasteiger partial charge in [0, 0.05) is 5.54 Å². The quantitative estimate of drug-likeness (QED) is 0.602. The monoisotopic (exact) mass is 157 g/mol. The molecule has 2 nitrogen and oxygen atoms in total. The zero-order valence-electron chi connectivity index (χ0n) is 7.51. The van der Waals surface area contributed by atoms with Crippen LogP contribution in [-0.4, -0.2) is 16.7 Å². The average Bonchev–Trinajstić information content (AvgIpc) is 1.86. The average molecular weight is 157 g/mol. The smallest absolute Gasteiger partial charge is 0.0543 e. The van der Waals surface area contributed by atoms with Gasteiger partial charge >= 0.3 is 0 Å². The van der Waals surface area contributed by atoms with Crippen LogP contribution in [0.25, 0.3) is 0 Å². The largest absolute Gasteiger partial charge is 0.393 e. The highest BCUT2D eigenvalue weighted by atomic mass is 16.3. The molecule has 0 aromatic heterocycles. The molecule has 0 saturated heterocycles. The minimum Gasteiger partial charge on any atom is -0.393 e. The summed E-state index contributed by atoms with van der Waals surface area (Å²) in [6.45, 7) is 4.10. The van der Waals surface area contributed by atoms with Crippen molar-refractivity contribution < 1.29 is 5.11 Å². The molecule has 0 spiro atoms. The van der Waals surface area contributed by atoms with Crippen molar-refractivity contribution in [2.24, 2.45) is 11.7 Å². The van der Waals surface area contributed by atoms with Gasteiger partial charge in [-0.15, -0.1) is 0 Å². The first-order chi connectivity index (χ1) is 5.00. The summed E-state index contributed by atoms with van der Waals surface area (Å²) >= 11 is 0. The first-order valence-corrected chi connectivity index (χ1v) is 4.47. The van der Waals surface area contributed by atoms with Crippen LogP contribution in [0.4, 0.5) is 0 Å². The molecule has 2 atom stereocenters. The lowest BCUT2D eigenvalue weighted by molar-refractivity contribution is 0.0778. The predicted octanol–water partition coefficient (Wildman–Crippen LogP) is 1.27. The van der Waals surface area contributed by atoms with Crippen LogP contribution in [0.3, 0.4) is 0 Å². The van der Waals surface area contributed by atoms with Crippen molar-refractivity contribution in [1.29, 1.82) is 0 Å². The fourth-order valence-electron chi connectivity index (χ4n) is 1.84. The lowest BCUT2D eigenvalue weighted by Crippen LogP contribution is -2.43. The number of hydrogen-bond donors (Lipinski definition) is 2. The maximum absolute atomic E-state index is 9.39. The highest BCUT2D eigenvalue weighted by molar-refractivity contribution is 4.86. The molecule has 1 rings (SSSR count). The van der Waals surface area contributed by atoms with Gasteiger partial charge in [-0.1, -0.05) is 6.42 Å². The Balaban J connectivity index is 2.46. The van der Waals surface area contributed by atoms with Crippen LogP contribution in [0.5, 0.6) is 0 Å². The van der Waals surface area contributed by atoms with E-state index in [2.05, 4.69) is 13.8 Å². The lowest BCUT2D eigenvalue weighted by Gasteiger charge is -2.35. The Morgan fingerprint density at radius 3 is 2.36 bits per heavy atom. The third-order valence-electron chi connectivity index (χ3n) is 2.70. The SMILES string of the molecule is CC(C)(N)C1CCCC(O)C1. The summed E-state index contributed by atoms with van der Waals surface area (Å²) < 4.78 is 0. The molecule has 0 aromatic carbocycles. The molecule has 3 N–H and O–H groups in total. The van der Waals surface area contributed by atoms with Crippen LogP contribution in [0, 0.1) is 5.92 Å². The van der Waals surface area contributed by atoms with E-state index in [9.17, 15) is 5.11 Å². The molecule has 0 heterocycles. The van der Waals surface area contributed by atoms with E-state index in [0.29, 0.717) is 5.92 Å². The van der Waals surface area contributed by atoms with Gasteiger partial charge < -0.3 is 10.8 Å². The molecular formula is C9H19NO. The maximum Gasteiger partial charge on any atom is 0.0543 e. The number of rotatable bonds is 1. The van der Waals surface area contributed by atoms with Crippen LogP contribution < -0.4 is 5.73 Å². The van der Waals surface area contributed by atoms with Crippen molar-refractivity contribution in [1.82, 2.24) is 0 Å². The van der Waals surface area contributed by atoms with Gasteiger partial charge in [0.15, 0.2) is 0 Å². The molecule has 0 amide bonds. The number of aliphatic hydroxyl groups excluding tert-OH is 1. The summed E-state index contributed by atoms with van der Waals surface area (Å²) in [5.41, 5.74) is 5.85. The van der Waals surface area contributed by atoms with Crippen molar-refractivity contribution in [3.8, 4) is 0 Å². The minimum atomic E-state index is -0.110. The normalized spacial score (nSPS) is 33.8. The van der Waals surface area contributed by atoms with Gasteiger partial charge in [-0.25, -0.2) is 0 Å². The molecule has 0 bridgehead atoms. The van der Waals surface area contributed by atoms with E-state index in [1.54, 1.807) is 0 Å². The highest BCUT2D eigenvalue weighted by Gasteiger charge is 2.29. The van der Waals surface area contributed by atoms with Gasteiger partial charge in [-0.3, -0.25) is 0 Å². The summed E-state index contributed by atoms with van der Waals surface area (Å²) in [7, 11) is 0. The van der Waals surface area contributed by atoms with Gasteiger partial charge in [0.2, 0.25) is 0 Å². The van der Waals surface area contributed by atoms with Crippen LogP contribution in [0.1, 0.15) is 39.5 Å². The second-order valence-electron chi connectivity index (χ2n) is 4.34. The van der Waals surface area contributed by atoms with Gasteiger partial charge in [0.25, 0.3) is 0 Å². The number of aliphatic hydroxyl groups is 1. The van der Waals surface area contributed by atoms with E-state index >= 15 is 0 Å². The third-order valence-corrected chi connectivity index (χ3v) is 2.70. The summed E-state index contributed by atoms with van der Waals surface area (Å²) in [5, 5.41) is 9.39. The Labute approximate surface area is 68.8 Å². The second-order valence-corrected chi connectivity index (χ2v) is 4.34. The van der Waals surface area contributed by atoms with Gasteiger partial charge in [0.05, 0.1) is 6.10 Å². The van der Waals surface area contributed by atoms with Crippen LogP contribution in [-0.2, 0) is 0 Å². The fraction of sp³-hybridized carbons (Fsp3) is 1.00. The fourth-order valence-corrected chi connectivity index (χ4v) is 1.84. The van der Waals surface area contributed by atoms with Crippen molar-refractivity contribution in [3.05, 3.63) is 0 Å². The molecule has 11 heavy (non-hydrogen) atoms. The van der Waals surface area contributed by atoms with E-state index in [1.807, 2.05) is 0 Å². The summed E-state index contributed by atoms with van der Waals surface area (Å²) in [5.74, 6) is 0.506. The lowest BCUT2D eigenvalue weighted by atomic mass is 9.76. The Hall–Kier alpha value is -0.0800. The van der Waals surface area contributed by atoms with E-state index in [1.165, 1.54) is 6.42 Å². The van der Waals surface area contributed by atoms with E-state index in [-0.39, 0.29) is 11.6 Å². The molecule has 0 radical (unpaired) electrons. The number of hydrogen-bond acceptors (Lipinski definition) is 2. The molecular weight excluding hydrogens is 138 g/mol. The molecule has 1 aliphatic rings. The predicted molar refractivity (Wildman–Crippen MR) is 46.2 cm³/mol. The first kappa shape index (κ1) is 9.01. The summed E-state index contributed by atoms with van der Waals surface area (Å²) in [6.07, 6.45) is 4.07. The van der Waals surface area contributed by atoms with E-state index < -0.39 is 0 Å². The van der Waals surface area contributed by atoms with Gasteiger partial charge in [-0.2, -0.15) is 0 Å². The van der Waals surface area contributed by atoms with Crippen molar-refractivity contribution in [2.75, 3.05) is 0 Å². The molecule has 1 saturated carbocycles. The maximum atomic E-state index is 9.39. The van der Waals surface area contributed by atoms with Crippen LogP contribution in [0.15, 0.2) is 0 Å². The first-order valence-electron chi connectivity index (χ1n) is 4.47. The topological polar surface area (TPSA) is 46.2 Å². The van der Waals surface area contributed by atoms with Gasteiger partial charge in [-0.05, 0) is 39.0 Å². The van der Waals surface area contributed by atoms with Crippen LogP contribution in [0.2, 0.25) is 0 Å². The van der Waals surface area contributed by atoms with Crippen molar-refractivity contribution in [2.45, 2.75) is 51.2 Å². The zero-order chi connectivity index (χ0) is 8.48. The van der Waals surface area contributed by atoms with Crippen molar-refractivity contribution in [3.63, 3.8) is 0 Å². The highest BCUT2D eigenvalue weighted by Crippen LogP contribution is 2.30. The second kappa shape index (κ2) is 3.11. The zero-order valence-corrected chi connectivity index (χ0v) is 7.51. The minimum absolute atomic E-state index is 0.100. The third kappa shape index (κ3) is 2.46. The number of nitrogens with two attached hydrogens (primary N) is 1.